The molecule has 2 aromatic heterocycles. The van der Waals surface area contributed by atoms with Crippen LogP contribution in [0.5, 0.6) is 0 Å². The van der Waals surface area contributed by atoms with Gasteiger partial charge < -0.3 is 15.6 Å². The summed E-state index contributed by atoms with van der Waals surface area (Å²) in [6, 6.07) is 3.88. The Morgan fingerprint density at radius 1 is 1.36 bits per heavy atom. The van der Waals surface area contributed by atoms with Gasteiger partial charge in [-0.1, -0.05) is 0 Å². The Labute approximate surface area is 136 Å². The number of rotatable bonds is 5. The van der Waals surface area contributed by atoms with Gasteiger partial charge in [-0.25, -0.2) is 4.98 Å². The van der Waals surface area contributed by atoms with E-state index in [1.165, 1.54) is 0 Å². The molecule has 1 aliphatic rings. The Morgan fingerprint density at radius 2 is 2.18 bits per heavy atom. The van der Waals surface area contributed by atoms with Crippen molar-refractivity contribution in [3.63, 3.8) is 0 Å². The van der Waals surface area contributed by atoms with Crippen LogP contribution in [0.4, 0.5) is 0 Å². The number of hydrogen-bond acceptors (Lipinski definition) is 4. The lowest BCUT2D eigenvalue weighted by atomic mass is 10.1. The Morgan fingerprint density at radius 3 is 3.00 bits per heavy atom. The van der Waals surface area contributed by atoms with Crippen molar-refractivity contribution in [1.29, 1.82) is 0 Å². The van der Waals surface area contributed by atoms with Gasteiger partial charge in [0.05, 0.1) is 6.42 Å². The van der Waals surface area contributed by atoms with Crippen molar-refractivity contribution in [3.05, 3.63) is 30.1 Å². The van der Waals surface area contributed by atoms with E-state index >= 15 is 0 Å². The van der Waals surface area contributed by atoms with Gasteiger partial charge in [-0.3, -0.25) is 9.69 Å². The highest BCUT2D eigenvalue weighted by Crippen LogP contribution is 2.15. The third-order valence-corrected chi connectivity index (χ3v) is 3.85. The zero-order chi connectivity index (χ0) is 14.5. The minimum Gasteiger partial charge on any atom is -0.355 e. The second-order valence-corrected chi connectivity index (χ2v) is 5.33. The fourth-order valence-electron chi connectivity index (χ4n) is 2.68. The first-order valence-electron chi connectivity index (χ1n) is 7.44. The molecule has 1 aliphatic heterocycles. The predicted molar refractivity (Wildman–Crippen MR) is 89.4 cm³/mol. The Bertz CT molecular complexity index is 609. The topological polar surface area (TPSA) is 73.0 Å². The van der Waals surface area contributed by atoms with Gasteiger partial charge in [0, 0.05) is 57.0 Å². The van der Waals surface area contributed by atoms with Crippen molar-refractivity contribution in [2.24, 2.45) is 0 Å². The number of nitrogens with one attached hydrogen (secondary N) is 3. The monoisotopic (exact) mass is 323 g/mol. The molecule has 0 bridgehead atoms. The maximum atomic E-state index is 12.0. The number of aromatic amines is 1. The molecule has 120 valence electrons. The number of nitrogens with zero attached hydrogens (tertiary/aromatic N) is 2. The lowest BCUT2D eigenvalue weighted by molar-refractivity contribution is -0.120. The van der Waals surface area contributed by atoms with Crippen molar-refractivity contribution >= 4 is 29.3 Å². The summed E-state index contributed by atoms with van der Waals surface area (Å²) in [6.07, 6.45) is 4.01. The minimum atomic E-state index is 0. The van der Waals surface area contributed by atoms with E-state index in [1.807, 2.05) is 18.3 Å². The molecule has 1 amide bonds. The molecule has 22 heavy (non-hydrogen) atoms. The van der Waals surface area contributed by atoms with Gasteiger partial charge in [0.15, 0.2) is 0 Å². The van der Waals surface area contributed by atoms with Gasteiger partial charge >= 0.3 is 0 Å². The summed E-state index contributed by atoms with van der Waals surface area (Å²) < 4.78 is 0. The molecule has 1 saturated heterocycles. The summed E-state index contributed by atoms with van der Waals surface area (Å²) in [5.74, 6) is 0.0647. The van der Waals surface area contributed by atoms with Crippen molar-refractivity contribution in [2.75, 3.05) is 39.3 Å². The number of hydrogen-bond donors (Lipinski definition) is 3. The molecular formula is C15H22ClN5O. The standard InChI is InChI=1S/C15H21N5O.ClH/c21-14(17-6-9-20-7-4-16-5-8-20)10-12-11-19-15-13(12)2-1-3-18-15;/h1-3,11,16H,4-10H2,(H,17,21)(H,18,19);1H. The van der Waals surface area contributed by atoms with Crippen LogP contribution < -0.4 is 10.6 Å². The quantitative estimate of drug-likeness (QED) is 0.751. The van der Waals surface area contributed by atoms with Crippen LogP contribution in [0.25, 0.3) is 11.0 Å². The van der Waals surface area contributed by atoms with E-state index in [4.69, 9.17) is 0 Å². The Balaban J connectivity index is 0.00000176. The van der Waals surface area contributed by atoms with Gasteiger partial charge in [-0.2, -0.15) is 0 Å². The lowest BCUT2D eigenvalue weighted by Crippen LogP contribution is -2.46. The van der Waals surface area contributed by atoms with Crippen LogP contribution in [0, 0.1) is 0 Å². The van der Waals surface area contributed by atoms with Crippen LogP contribution in [0.3, 0.4) is 0 Å². The van der Waals surface area contributed by atoms with Crippen LogP contribution in [-0.4, -0.2) is 60.0 Å². The average Bonchev–Trinajstić information content (AvgIpc) is 2.92. The number of fused-ring (bicyclic) bond motifs is 1. The van der Waals surface area contributed by atoms with E-state index in [0.717, 1.165) is 49.3 Å². The number of pyridine rings is 1. The van der Waals surface area contributed by atoms with Crippen LogP contribution in [0.15, 0.2) is 24.5 Å². The van der Waals surface area contributed by atoms with Crippen LogP contribution in [0.1, 0.15) is 5.56 Å². The summed E-state index contributed by atoms with van der Waals surface area (Å²) >= 11 is 0. The zero-order valence-corrected chi connectivity index (χ0v) is 13.3. The van der Waals surface area contributed by atoms with Crippen LogP contribution in [0.2, 0.25) is 0 Å². The molecule has 6 nitrogen and oxygen atoms in total. The number of piperazine rings is 1. The SMILES string of the molecule is Cl.O=C(Cc1c[nH]c2ncccc12)NCCN1CCNCC1. The van der Waals surface area contributed by atoms with E-state index in [-0.39, 0.29) is 18.3 Å². The minimum absolute atomic E-state index is 0. The summed E-state index contributed by atoms with van der Waals surface area (Å²) in [4.78, 5) is 21.7. The molecule has 0 atom stereocenters. The first-order valence-corrected chi connectivity index (χ1v) is 7.44. The molecule has 1 fully saturated rings. The van der Waals surface area contributed by atoms with Gasteiger partial charge in [0.1, 0.15) is 5.65 Å². The molecule has 0 aromatic carbocycles. The Hall–Kier alpha value is -1.63. The molecule has 0 aliphatic carbocycles. The first-order chi connectivity index (χ1) is 10.3. The summed E-state index contributed by atoms with van der Waals surface area (Å²) in [5.41, 5.74) is 1.83. The van der Waals surface area contributed by atoms with E-state index in [2.05, 4.69) is 25.5 Å². The molecule has 3 heterocycles. The maximum absolute atomic E-state index is 12.0. The van der Waals surface area contributed by atoms with Gasteiger partial charge in [0.2, 0.25) is 5.91 Å². The predicted octanol–water partition coefficient (Wildman–Crippen LogP) is 0.549. The fraction of sp³-hybridized carbons (Fsp3) is 0.467. The number of H-pyrrole nitrogens is 1. The normalized spacial score (nSPS) is 15.5. The Kier molecular flexibility index (Phi) is 6.18. The van der Waals surface area contributed by atoms with Crippen molar-refractivity contribution in [2.45, 2.75) is 6.42 Å². The molecular weight excluding hydrogens is 302 g/mol. The maximum Gasteiger partial charge on any atom is 0.224 e. The van der Waals surface area contributed by atoms with Gasteiger partial charge in [-0.15, -0.1) is 12.4 Å². The van der Waals surface area contributed by atoms with E-state index in [9.17, 15) is 4.79 Å². The second kappa shape index (κ2) is 8.12. The molecule has 0 spiro atoms. The lowest BCUT2D eigenvalue weighted by Gasteiger charge is -2.27. The highest BCUT2D eigenvalue weighted by Gasteiger charge is 2.11. The average molecular weight is 324 g/mol. The van der Waals surface area contributed by atoms with E-state index in [0.29, 0.717) is 13.0 Å². The van der Waals surface area contributed by atoms with Crippen molar-refractivity contribution < 1.29 is 4.79 Å². The summed E-state index contributed by atoms with van der Waals surface area (Å²) in [5, 5.41) is 7.34. The van der Waals surface area contributed by atoms with Crippen LogP contribution >= 0.6 is 12.4 Å². The number of halogens is 1. The van der Waals surface area contributed by atoms with Crippen molar-refractivity contribution in [3.8, 4) is 0 Å². The van der Waals surface area contributed by atoms with E-state index in [1.54, 1.807) is 6.20 Å². The molecule has 3 N–H and O–H groups in total. The molecule has 3 rings (SSSR count). The van der Waals surface area contributed by atoms with E-state index < -0.39 is 0 Å². The number of carbonyl (C=O) groups excluding carboxylic acids is 1. The summed E-state index contributed by atoms with van der Waals surface area (Å²) in [6.45, 7) is 5.82. The molecule has 2 aromatic rings. The molecule has 0 saturated carbocycles. The van der Waals surface area contributed by atoms with Gasteiger partial charge in [0.25, 0.3) is 0 Å². The zero-order valence-electron chi connectivity index (χ0n) is 12.5. The third kappa shape index (κ3) is 4.19. The van der Waals surface area contributed by atoms with Crippen molar-refractivity contribution in [1.82, 2.24) is 25.5 Å². The molecule has 0 unspecified atom stereocenters. The fourth-order valence-corrected chi connectivity index (χ4v) is 2.68. The van der Waals surface area contributed by atoms with Gasteiger partial charge in [-0.05, 0) is 17.7 Å². The molecule has 0 radical (unpaired) electrons. The largest absolute Gasteiger partial charge is 0.355 e. The number of aromatic nitrogens is 2. The number of amides is 1. The highest BCUT2D eigenvalue weighted by atomic mass is 35.5. The second-order valence-electron chi connectivity index (χ2n) is 5.33. The number of carbonyl (C=O) groups is 1. The third-order valence-electron chi connectivity index (χ3n) is 3.85. The first kappa shape index (κ1) is 16.7. The molecule has 7 heteroatoms. The highest BCUT2D eigenvalue weighted by molar-refractivity contribution is 5.87. The summed E-state index contributed by atoms with van der Waals surface area (Å²) in [7, 11) is 0. The smallest absolute Gasteiger partial charge is 0.224 e. The van der Waals surface area contributed by atoms with Crippen LogP contribution in [-0.2, 0) is 11.2 Å².